The van der Waals surface area contributed by atoms with Gasteiger partial charge in [0.05, 0.1) is 18.6 Å². The lowest BCUT2D eigenvalue weighted by atomic mass is 10.00. The molecule has 17 heavy (non-hydrogen) atoms. The van der Waals surface area contributed by atoms with E-state index in [1.54, 1.807) is 0 Å². The van der Waals surface area contributed by atoms with Gasteiger partial charge in [0.1, 0.15) is 0 Å². The van der Waals surface area contributed by atoms with E-state index in [2.05, 4.69) is 17.9 Å². The molecule has 92 valence electrons. The van der Waals surface area contributed by atoms with Gasteiger partial charge in [-0.25, -0.2) is 0 Å². The fraction of sp³-hybridized carbons (Fsp3) is 0.500. The maximum atomic E-state index is 9.23. The molecule has 0 aliphatic rings. The predicted octanol–water partition coefficient (Wildman–Crippen LogP) is 2.00. The maximum absolute atomic E-state index is 9.23. The van der Waals surface area contributed by atoms with Crippen molar-refractivity contribution < 1.29 is 5.11 Å². The molecule has 0 radical (unpaired) electrons. The Balaban J connectivity index is 2.65. The first-order chi connectivity index (χ1) is 8.31. The molecule has 0 fully saturated rings. The number of hydrogen-bond acceptors (Lipinski definition) is 3. The van der Waals surface area contributed by atoms with E-state index in [4.69, 9.17) is 5.11 Å². The summed E-state index contributed by atoms with van der Waals surface area (Å²) in [5.74, 6) is -0.116. The Kier molecular flexibility index (Phi) is 6.31. The van der Waals surface area contributed by atoms with Crippen LogP contribution in [0.4, 0.5) is 0 Å². The SMILES string of the molecule is CCCN(CCO)CC(C#N)c1ccccc1. The Hall–Kier alpha value is -1.37. The van der Waals surface area contributed by atoms with Crippen LogP contribution in [0.1, 0.15) is 24.8 Å². The number of nitriles is 1. The van der Waals surface area contributed by atoms with E-state index in [9.17, 15) is 5.26 Å². The molecule has 0 aliphatic heterocycles. The topological polar surface area (TPSA) is 47.3 Å². The first-order valence-corrected chi connectivity index (χ1v) is 6.09. The van der Waals surface area contributed by atoms with Crippen molar-refractivity contribution in [1.82, 2.24) is 4.90 Å². The fourth-order valence-corrected chi connectivity index (χ4v) is 1.92. The Morgan fingerprint density at radius 3 is 2.53 bits per heavy atom. The highest BCUT2D eigenvalue weighted by molar-refractivity contribution is 5.25. The number of aliphatic hydroxyl groups is 1. The molecule has 0 bridgehead atoms. The molecule has 1 atom stereocenters. The second-order valence-electron chi connectivity index (χ2n) is 4.12. The maximum Gasteiger partial charge on any atom is 0.0839 e. The molecule has 3 heteroatoms. The van der Waals surface area contributed by atoms with Crippen LogP contribution in [0.25, 0.3) is 0 Å². The Morgan fingerprint density at radius 2 is 2.00 bits per heavy atom. The van der Waals surface area contributed by atoms with Crippen LogP contribution in [0.5, 0.6) is 0 Å². The minimum absolute atomic E-state index is 0.116. The van der Waals surface area contributed by atoms with Gasteiger partial charge in [0.25, 0.3) is 0 Å². The Labute approximate surface area is 103 Å². The van der Waals surface area contributed by atoms with Crippen LogP contribution in [0.3, 0.4) is 0 Å². The van der Waals surface area contributed by atoms with Gasteiger partial charge in [-0.15, -0.1) is 0 Å². The first kappa shape index (κ1) is 13.7. The summed E-state index contributed by atoms with van der Waals surface area (Å²) in [6.07, 6.45) is 1.03. The van der Waals surface area contributed by atoms with Crippen molar-refractivity contribution in [2.45, 2.75) is 19.3 Å². The fourth-order valence-electron chi connectivity index (χ4n) is 1.92. The van der Waals surface area contributed by atoms with Gasteiger partial charge in [-0.3, -0.25) is 4.90 Å². The van der Waals surface area contributed by atoms with Gasteiger partial charge in [-0.2, -0.15) is 5.26 Å². The van der Waals surface area contributed by atoms with Gasteiger partial charge in [0.15, 0.2) is 0 Å². The zero-order chi connectivity index (χ0) is 12.5. The standard InChI is InChI=1S/C14H20N2O/c1-2-8-16(9-10-17)12-14(11-15)13-6-4-3-5-7-13/h3-7,14,17H,2,8-10,12H2,1H3. The first-order valence-electron chi connectivity index (χ1n) is 6.09. The molecule has 1 aromatic rings. The monoisotopic (exact) mass is 232 g/mol. The molecule has 0 saturated carbocycles. The van der Waals surface area contributed by atoms with Crippen molar-refractivity contribution in [3.8, 4) is 6.07 Å². The van der Waals surface area contributed by atoms with Gasteiger partial charge in [-0.1, -0.05) is 37.3 Å². The van der Waals surface area contributed by atoms with E-state index >= 15 is 0 Å². The molecule has 0 aromatic heterocycles. The molecule has 1 rings (SSSR count). The second-order valence-corrected chi connectivity index (χ2v) is 4.12. The lowest BCUT2D eigenvalue weighted by Gasteiger charge is -2.23. The molecule has 0 saturated heterocycles. The lowest BCUT2D eigenvalue weighted by Crippen LogP contribution is -2.31. The molecular formula is C14H20N2O. The number of rotatable bonds is 7. The molecule has 1 unspecified atom stereocenters. The normalized spacial score (nSPS) is 12.4. The molecule has 0 amide bonds. The van der Waals surface area contributed by atoms with Crippen molar-refractivity contribution in [2.24, 2.45) is 0 Å². The summed E-state index contributed by atoms with van der Waals surface area (Å²) in [6.45, 7) is 4.50. The van der Waals surface area contributed by atoms with Gasteiger partial charge in [0.2, 0.25) is 0 Å². The van der Waals surface area contributed by atoms with Crippen LogP contribution in [0.15, 0.2) is 30.3 Å². The van der Waals surface area contributed by atoms with Gasteiger partial charge in [0, 0.05) is 13.1 Å². The van der Waals surface area contributed by atoms with Gasteiger partial charge in [-0.05, 0) is 18.5 Å². The highest BCUT2D eigenvalue weighted by Crippen LogP contribution is 2.16. The molecule has 1 N–H and O–H groups in total. The van der Waals surface area contributed by atoms with E-state index in [0.29, 0.717) is 13.1 Å². The van der Waals surface area contributed by atoms with Gasteiger partial charge < -0.3 is 5.11 Å². The number of nitrogens with zero attached hydrogens (tertiary/aromatic N) is 2. The average molecular weight is 232 g/mol. The van der Waals surface area contributed by atoms with Gasteiger partial charge >= 0.3 is 0 Å². The highest BCUT2D eigenvalue weighted by atomic mass is 16.3. The van der Waals surface area contributed by atoms with Crippen molar-refractivity contribution in [1.29, 1.82) is 5.26 Å². The zero-order valence-corrected chi connectivity index (χ0v) is 10.3. The summed E-state index contributed by atoms with van der Waals surface area (Å²) in [5.41, 5.74) is 1.05. The number of hydrogen-bond donors (Lipinski definition) is 1. The molecule has 0 aliphatic carbocycles. The van der Waals surface area contributed by atoms with Crippen LogP contribution in [0.2, 0.25) is 0 Å². The third-order valence-electron chi connectivity index (χ3n) is 2.75. The summed E-state index contributed by atoms with van der Waals surface area (Å²) in [6, 6.07) is 12.2. The van der Waals surface area contributed by atoms with Crippen LogP contribution in [-0.4, -0.2) is 36.2 Å². The average Bonchev–Trinajstić information content (AvgIpc) is 2.37. The van der Waals surface area contributed by atoms with E-state index in [-0.39, 0.29) is 12.5 Å². The van der Waals surface area contributed by atoms with Crippen molar-refractivity contribution in [2.75, 3.05) is 26.2 Å². The molecule has 3 nitrogen and oxygen atoms in total. The minimum atomic E-state index is -0.116. The quantitative estimate of drug-likeness (QED) is 0.782. The van der Waals surface area contributed by atoms with E-state index in [1.807, 2.05) is 30.3 Å². The zero-order valence-electron chi connectivity index (χ0n) is 10.3. The van der Waals surface area contributed by atoms with Crippen molar-refractivity contribution in [3.05, 3.63) is 35.9 Å². The van der Waals surface area contributed by atoms with Crippen molar-refractivity contribution >= 4 is 0 Å². The third kappa shape index (κ3) is 4.56. The molecule has 1 aromatic carbocycles. The minimum Gasteiger partial charge on any atom is -0.395 e. The number of aliphatic hydroxyl groups excluding tert-OH is 1. The van der Waals surface area contributed by atoms with E-state index in [1.165, 1.54) is 0 Å². The smallest absolute Gasteiger partial charge is 0.0839 e. The van der Waals surface area contributed by atoms with Crippen LogP contribution >= 0.6 is 0 Å². The summed E-state index contributed by atoms with van der Waals surface area (Å²) in [4.78, 5) is 2.14. The highest BCUT2D eigenvalue weighted by Gasteiger charge is 2.14. The van der Waals surface area contributed by atoms with Crippen LogP contribution in [-0.2, 0) is 0 Å². The van der Waals surface area contributed by atoms with E-state index in [0.717, 1.165) is 18.5 Å². The molecule has 0 spiro atoms. The van der Waals surface area contributed by atoms with E-state index < -0.39 is 0 Å². The number of benzene rings is 1. The van der Waals surface area contributed by atoms with Crippen molar-refractivity contribution in [3.63, 3.8) is 0 Å². The second kappa shape index (κ2) is 7.83. The Bertz CT molecular complexity index is 339. The third-order valence-corrected chi connectivity index (χ3v) is 2.75. The molecular weight excluding hydrogens is 212 g/mol. The summed E-state index contributed by atoms with van der Waals surface area (Å²) in [5, 5.41) is 18.2. The molecule has 0 heterocycles. The predicted molar refractivity (Wildman–Crippen MR) is 68.6 cm³/mol. The Morgan fingerprint density at radius 1 is 1.29 bits per heavy atom. The van der Waals surface area contributed by atoms with Crippen LogP contribution in [0, 0.1) is 11.3 Å². The lowest BCUT2D eigenvalue weighted by molar-refractivity contribution is 0.193. The van der Waals surface area contributed by atoms with Crippen LogP contribution < -0.4 is 0 Å². The summed E-state index contributed by atoms with van der Waals surface area (Å²) < 4.78 is 0. The summed E-state index contributed by atoms with van der Waals surface area (Å²) >= 11 is 0. The largest absolute Gasteiger partial charge is 0.395 e. The summed E-state index contributed by atoms with van der Waals surface area (Å²) in [7, 11) is 0.